The minimum Gasteiger partial charge on any atom is -0.399 e. The maximum Gasteiger partial charge on any atom is 0.495 e. The number of hydrogen-bond donors (Lipinski definition) is 0. The first-order chi connectivity index (χ1) is 17.8. The molecule has 1 aromatic heterocycles. The number of hydrogen-bond acceptors (Lipinski definition) is 4. The summed E-state index contributed by atoms with van der Waals surface area (Å²) in [5.41, 5.74) is 4.83. The average molecular weight is 484 g/mol. The van der Waals surface area contributed by atoms with E-state index in [1.165, 1.54) is 5.39 Å². The van der Waals surface area contributed by atoms with Gasteiger partial charge in [-0.2, -0.15) is 0 Å². The van der Waals surface area contributed by atoms with Crippen molar-refractivity contribution in [3.63, 3.8) is 0 Å². The van der Waals surface area contributed by atoms with E-state index in [-0.39, 0.29) is 0 Å². The number of fused-ring (bicyclic) bond motifs is 1. The van der Waals surface area contributed by atoms with Gasteiger partial charge >= 0.3 is 7.12 Å². The van der Waals surface area contributed by atoms with Crippen molar-refractivity contribution in [2.24, 2.45) is 0 Å². The van der Waals surface area contributed by atoms with Crippen LogP contribution in [0.15, 0.2) is 103 Å². The highest BCUT2D eigenvalue weighted by Crippen LogP contribution is 2.38. The summed E-state index contributed by atoms with van der Waals surface area (Å²) in [6.07, 6.45) is 0. The second kappa shape index (κ2) is 8.95. The number of benzene rings is 4. The van der Waals surface area contributed by atoms with Gasteiger partial charge < -0.3 is 9.31 Å². The van der Waals surface area contributed by atoms with E-state index in [0.29, 0.717) is 5.82 Å². The number of rotatable bonds is 4. The Hall–Kier alpha value is -3.80. The molecule has 0 atom stereocenters. The number of aromatic nitrogens is 2. The minimum absolute atomic E-state index is 0.431. The fourth-order valence-electron chi connectivity index (χ4n) is 4.79. The van der Waals surface area contributed by atoms with Gasteiger partial charge in [-0.05, 0) is 50.0 Å². The highest BCUT2D eigenvalue weighted by Gasteiger charge is 2.52. The van der Waals surface area contributed by atoms with Gasteiger partial charge in [0.1, 0.15) is 0 Å². The molecular weight excluding hydrogens is 455 g/mol. The molecule has 1 aliphatic rings. The standard InChI is InChI=1S/C32H29BN2O2/c1-31(2)32(3,4)37-33(36-31)27-20-11-10-18-26(27)29-21-28(34-30(35-29)23-14-6-5-7-15-23)25-19-12-16-22-13-8-9-17-24(22)25/h5-21H,1-4H3. The lowest BCUT2D eigenvalue weighted by Gasteiger charge is -2.32. The Bertz CT molecular complexity index is 1580. The van der Waals surface area contributed by atoms with Crippen molar-refractivity contribution in [3.8, 4) is 33.9 Å². The van der Waals surface area contributed by atoms with E-state index in [0.717, 1.165) is 38.9 Å². The largest absolute Gasteiger partial charge is 0.495 e. The van der Waals surface area contributed by atoms with Gasteiger partial charge in [0.15, 0.2) is 5.82 Å². The summed E-state index contributed by atoms with van der Waals surface area (Å²) >= 11 is 0. The van der Waals surface area contributed by atoms with Crippen LogP contribution in [0, 0.1) is 0 Å². The zero-order valence-corrected chi connectivity index (χ0v) is 21.6. The fourth-order valence-corrected chi connectivity index (χ4v) is 4.79. The third-order valence-electron chi connectivity index (χ3n) is 7.57. The molecule has 1 aliphatic heterocycles. The van der Waals surface area contributed by atoms with Gasteiger partial charge in [0, 0.05) is 16.7 Å². The van der Waals surface area contributed by atoms with E-state index in [1.807, 2.05) is 42.5 Å². The van der Waals surface area contributed by atoms with Crippen LogP contribution in [0.4, 0.5) is 0 Å². The van der Waals surface area contributed by atoms with Crippen molar-refractivity contribution in [1.29, 1.82) is 0 Å². The molecule has 4 nitrogen and oxygen atoms in total. The number of nitrogens with zero attached hydrogens (tertiary/aromatic N) is 2. The van der Waals surface area contributed by atoms with E-state index < -0.39 is 18.3 Å². The van der Waals surface area contributed by atoms with Gasteiger partial charge in [0.2, 0.25) is 0 Å². The molecule has 1 saturated heterocycles. The molecule has 37 heavy (non-hydrogen) atoms. The lowest BCUT2D eigenvalue weighted by Crippen LogP contribution is -2.41. The van der Waals surface area contributed by atoms with E-state index in [9.17, 15) is 0 Å². The Morgan fingerprint density at radius 3 is 1.92 bits per heavy atom. The predicted octanol–water partition coefficient (Wildman–Crippen LogP) is 6.93. The van der Waals surface area contributed by atoms with Crippen molar-refractivity contribution in [1.82, 2.24) is 9.97 Å². The molecule has 0 bridgehead atoms. The van der Waals surface area contributed by atoms with Gasteiger partial charge in [0.25, 0.3) is 0 Å². The molecule has 0 saturated carbocycles. The van der Waals surface area contributed by atoms with E-state index in [1.54, 1.807) is 0 Å². The maximum atomic E-state index is 6.43. The Morgan fingerprint density at radius 2 is 1.16 bits per heavy atom. The highest BCUT2D eigenvalue weighted by atomic mass is 16.7. The van der Waals surface area contributed by atoms with Crippen molar-refractivity contribution in [2.75, 3.05) is 0 Å². The van der Waals surface area contributed by atoms with E-state index >= 15 is 0 Å². The quantitative estimate of drug-likeness (QED) is 0.260. The van der Waals surface area contributed by atoms with Crippen LogP contribution in [0.25, 0.3) is 44.7 Å². The van der Waals surface area contributed by atoms with Crippen LogP contribution in [0.2, 0.25) is 0 Å². The zero-order chi connectivity index (χ0) is 25.6. The summed E-state index contributed by atoms with van der Waals surface area (Å²) < 4.78 is 12.9. The molecule has 0 N–H and O–H groups in total. The molecular formula is C32H29BN2O2. The van der Waals surface area contributed by atoms with Gasteiger partial charge in [-0.25, -0.2) is 9.97 Å². The normalized spacial score (nSPS) is 16.3. The monoisotopic (exact) mass is 484 g/mol. The molecule has 6 rings (SSSR count). The summed E-state index contributed by atoms with van der Waals surface area (Å²) in [5, 5.41) is 2.34. The van der Waals surface area contributed by atoms with Gasteiger partial charge in [-0.15, -0.1) is 0 Å². The van der Waals surface area contributed by atoms with Crippen LogP contribution in [-0.4, -0.2) is 28.3 Å². The molecule has 0 spiro atoms. The van der Waals surface area contributed by atoms with Crippen molar-refractivity contribution >= 4 is 23.4 Å². The minimum atomic E-state index is -0.489. The van der Waals surface area contributed by atoms with Gasteiger partial charge in [0.05, 0.1) is 22.6 Å². The molecule has 0 aliphatic carbocycles. The van der Waals surface area contributed by atoms with E-state index in [2.05, 4.69) is 88.4 Å². The smallest absolute Gasteiger partial charge is 0.399 e. The topological polar surface area (TPSA) is 44.2 Å². The highest BCUT2D eigenvalue weighted by molar-refractivity contribution is 6.63. The second-order valence-electron chi connectivity index (χ2n) is 10.5. The maximum absolute atomic E-state index is 6.43. The third kappa shape index (κ3) is 4.24. The second-order valence-corrected chi connectivity index (χ2v) is 10.5. The molecule has 5 heteroatoms. The first-order valence-electron chi connectivity index (χ1n) is 12.7. The predicted molar refractivity (Wildman–Crippen MR) is 152 cm³/mol. The first-order valence-corrected chi connectivity index (χ1v) is 12.7. The zero-order valence-electron chi connectivity index (χ0n) is 21.6. The van der Waals surface area contributed by atoms with Crippen molar-refractivity contribution in [3.05, 3.63) is 103 Å². The van der Waals surface area contributed by atoms with Crippen LogP contribution < -0.4 is 5.46 Å². The molecule has 1 fully saturated rings. The van der Waals surface area contributed by atoms with Gasteiger partial charge in [-0.3, -0.25) is 0 Å². The fraction of sp³-hybridized carbons (Fsp3) is 0.188. The first kappa shape index (κ1) is 23.6. The molecule has 0 unspecified atom stereocenters. The molecule has 5 aromatic rings. The average Bonchev–Trinajstić information content (AvgIpc) is 3.15. The Balaban J connectivity index is 1.55. The summed E-state index contributed by atoms with van der Waals surface area (Å²) in [6.45, 7) is 8.30. The van der Waals surface area contributed by atoms with Crippen LogP contribution in [0.5, 0.6) is 0 Å². The van der Waals surface area contributed by atoms with Crippen LogP contribution >= 0.6 is 0 Å². The Labute approximate surface area is 218 Å². The van der Waals surface area contributed by atoms with Crippen molar-refractivity contribution < 1.29 is 9.31 Å². The lowest BCUT2D eigenvalue weighted by atomic mass is 9.75. The van der Waals surface area contributed by atoms with Crippen molar-refractivity contribution in [2.45, 2.75) is 38.9 Å². The summed E-state index contributed by atoms with van der Waals surface area (Å²) in [7, 11) is -0.489. The van der Waals surface area contributed by atoms with Crippen LogP contribution in [0.3, 0.4) is 0 Å². The molecule has 2 heterocycles. The van der Waals surface area contributed by atoms with Crippen LogP contribution in [-0.2, 0) is 9.31 Å². The van der Waals surface area contributed by atoms with Gasteiger partial charge in [-0.1, -0.05) is 97.1 Å². The molecule has 0 radical (unpaired) electrons. The SMILES string of the molecule is CC1(C)OB(c2ccccc2-c2cc(-c3cccc4ccccc34)nc(-c3ccccc3)n2)OC1(C)C. The molecule has 182 valence electrons. The lowest BCUT2D eigenvalue weighted by molar-refractivity contribution is 0.00578. The summed E-state index contributed by atoms with van der Waals surface area (Å²) in [5.74, 6) is 0.685. The Morgan fingerprint density at radius 1 is 0.595 bits per heavy atom. The third-order valence-corrected chi connectivity index (χ3v) is 7.57. The Kier molecular flexibility index (Phi) is 5.71. The van der Waals surface area contributed by atoms with E-state index in [4.69, 9.17) is 19.3 Å². The summed E-state index contributed by atoms with van der Waals surface area (Å²) in [6, 6.07) is 35.2. The molecule has 4 aromatic carbocycles. The molecule has 0 amide bonds. The summed E-state index contributed by atoms with van der Waals surface area (Å²) in [4.78, 5) is 10.1. The van der Waals surface area contributed by atoms with Crippen LogP contribution in [0.1, 0.15) is 27.7 Å².